The SMILES string of the molecule is O=C(OCC[Se])C1C=CC=C1. The van der Waals surface area contributed by atoms with Gasteiger partial charge in [0.05, 0.1) is 0 Å². The van der Waals surface area contributed by atoms with Crippen molar-refractivity contribution in [1.29, 1.82) is 0 Å². The van der Waals surface area contributed by atoms with Crippen LogP contribution in [0.5, 0.6) is 0 Å². The van der Waals surface area contributed by atoms with Crippen LogP contribution in [0.25, 0.3) is 0 Å². The van der Waals surface area contributed by atoms with Crippen LogP contribution in [0, 0.1) is 5.92 Å². The predicted octanol–water partition coefficient (Wildman–Crippen LogP) is 0.859. The fourth-order valence-electron chi connectivity index (χ4n) is 0.827. The zero-order chi connectivity index (χ0) is 8.10. The Balaban J connectivity index is 2.30. The number of allylic oxidation sites excluding steroid dienone is 2. The zero-order valence-corrected chi connectivity index (χ0v) is 7.74. The van der Waals surface area contributed by atoms with Gasteiger partial charge < -0.3 is 0 Å². The fourth-order valence-corrected chi connectivity index (χ4v) is 1.00. The number of hydrogen-bond donors (Lipinski definition) is 0. The van der Waals surface area contributed by atoms with Gasteiger partial charge in [-0.25, -0.2) is 0 Å². The maximum absolute atomic E-state index is 11.1. The first kappa shape index (κ1) is 8.56. The average Bonchev–Trinajstić information content (AvgIpc) is 2.52. The predicted molar refractivity (Wildman–Crippen MR) is 43.3 cm³/mol. The Morgan fingerprint density at radius 2 is 2.09 bits per heavy atom. The Hall–Kier alpha value is -0.531. The van der Waals surface area contributed by atoms with Crippen LogP contribution in [-0.2, 0) is 9.53 Å². The van der Waals surface area contributed by atoms with Gasteiger partial charge in [0.15, 0.2) is 0 Å². The van der Waals surface area contributed by atoms with Gasteiger partial charge >= 0.3 is 73.7 Å². The normalized spacial score (nSPS) is 15.7. The topological polar surface area (TPSA) is 26.3 Å². The van der Waals surface area contributed by atoms with E-state index in [1.54, 1.807) is 0 Å². The molecule has 0 bridgehead atoms. The molecular formula is C8H9O2Se. The van der Waals surface area contributed by atoms with Gasteiger partial charge in [-0.3, -0.25) is 0 Å². The van der Waals surface area contributed by atoms with Crippen LogP contribution in [0.1, 0.15) is 0 Å². The number of carbonyl (C=O) groups excluding carboxylic acids is 1. The summed E-state index contributed by atoms with van der Waals surface area (Å²) < 4.78 is 4.90. The van der Waals surface area contributed by atoms with E-state index in [0.717, 1.165) is 5.32 Å². The third-order valence-electron chi connectivity index (χ3n) is 1.35. The number of rotatable bonds is 3. The average molecular weight is 216 g/mol. The van der Waals surface area contributed by atoms with Crippen LogP contribution in [0.4, 0.5) is 0 Å². The summed E-state index contributed by atoms with van der Waals surface area (Å²) in [5.41, 5.74) is 0. The molecule has 1 aliphatic carbocycles. The molecule has 1 rings (SSSR count). The second kappa shape index (κ2) is 4.37. The summed E-state index contributed by atoms with van der Waals surface area (Å²) in [7, 11) is 0. The maximum atomic E-state index is 11.1. The molecule has 0 N–H and O–H groups in total. The van der Waals surface area contributed by atoms with Crippen LogP contribution < -0.4 is 0 Å². The molecule has 3 heteroatoms. The Morgan fingerprint density at radius 3 is 2.64 bits per heavy atom. The van der Waals surface area contributed by atoms with Crippen molar-refractivity contribution < 1.29 is 9.53 Å². The third-order valence-corrected chi connectivity index (χ3v) is 1.70. The van der Waals surface area contributed by atoms with Gasteiger partial charge in [0, 0.05) is 0 Å². The molecule has 0 heterocycles. The van der Waals surface area contributed by atoms with Crippen molar-refractivity contribution in [3.63, 3.8) is 0 Å². The summed E-state index contributed by atoms with van der Waals surface area (Å²) in [6.07, 6.45) is 7.34. The number of esters is 1. The summed E-state index contributed by atoms with van der Waals surface area (Å²) in [6.45, 7) is 0.469. The van der Waals surface area contributed by atoms with Crippen LogP contribution in [0.3, 0.4) is 0 Å². The third kappa shape index (κ3) is 2.52. The van der Waals surface area contributed by atoms with E-state index in [4.69, 9.17) is 4.74 Å². The van der Waals surface area contributed by atoms with Crippen LogP contribution in [-0.4, -0.2) is 28.6 Å². The second-order valence-corrected chi connectivity index (χ2v) is 3.02. The molecule has 1 radical (unpaired) electrons. The van der Waals surface area contributed by atoms with E-state index in [2.05, 4.69) is 16.0 Å². The molecule has 0 spiro atoms. The molecule has 0 unspecified atom stereocenters. The summed E-state index contributed by atoms with van der Waals surface area (Å²) >= 11 is 2.78. The van der Waals surface area contributed by atoms with E-state index in [-0.39, 0.29) is 11.9 Å². The van der Waals surface area contributed by atoms with Crippen LogP contribution in [0.15, 0.2) is 24.3 Å². The number of ether oxygens (including phenoxy) is 1. The van der Waals surface area contributed by atoms with E-state index in [0.29, 0.717) is 6.61 Å². The fraction of sp³-hybridized carbons (Fsp3) is 0.375. The van der Waals surface area contributed by atoms with Gasteiger partial charge in [-0.15, -0.1) is 0 Å². The molecule has 0 saturated heterocycles. The standard InChI is InChI=1S/C8H9O2Se/c9-8(10-5-6-11)7-3-1-2-4-7/h1-4,7H,5-6H2. The van der Waals surface area contributed by atoms with Gasteiger partial charge in [0.2, 0.25) is 0 Å². The van der Waals surface area contributed by atoms with Crippen molar-refractivity contribution in [1.82, 2.24) is 0 Å². The van der Waals surface area contributed by atoms with Gasteiger partial charge in [0.25, 0.3) is 0 Å². The molecule has 0 saturated carbocycles. The van der Waals surface area contributed by atoms with Gasteiger partial charge in [0.1, 0.15) is 0 Å². The molecule has 0 aromatic carbocycles. The van der Waals surface area contributed by atoms with E-state index in [9.17, 15) is 4.79 Å². The molecule has 0 amide bonds. The van der Waals surface area contributed by atoms with E-state index in [1.165, 1.54) is 0 Å². The van der Waals surface area contributed by atoms with Crippen molar-refractivity contribution in [2.24, 2.45) is 5.92 Å². The van der Waals surface area contributed by atoms with Crippen LogP contribution >= 0.6 is 0 Å². The van der Waals surface area contributed by atoms with Crippen molar-refractivity contribution in [3.05, 3.63) is 24.3 Å². The van der Waals surface area contributed by atoms with Gasteiger partial charge in [-0.2, -0.15) is 0 Å². The molecule has 59 valence electrons. The Morgan fingerprint density at radius 1 is 1.45 bits per heavy atom. The second-order valence-electron chi connectivity index (χ2n) is 2.17. The van der Waals surface area contributed by atoms with E-state index in [1.807, 2.05) is 24.3 Å². The molecule has 0 atom stereocenters. The Labute approximate surface area is 74.1 Å². The summed E-state index contributed by atoms with van der Waals surface area (Å²) in [5.74, 6) is -0.313. The van der Waals surface area contributed by atoms with E-state index < -0.39 is 0 Å². The monoisotopic (exact) mass is 217 g/mol. The summed E-state index contributed by atoms with van der Waals surface area (Å²) in [4.78, 5) is 11.1. The Bertz CT molecular complexity index is 184. The van der Waals surface area contributed by atoms with E-state index >= 15 is 0 Å². The van der Waals surface area contributed by atoms with Gasteiger partial charge in [-0.05, 0) is 0 Å². The molecule has 2 nitrogen and oxygen atoms in total. The number of carbonyl (C=O) groups is 1. The molecule has 0 aliphatic heterocycles. The van der Waals surface area contributed by atoms with Crippen molar-refractivity contribution in [2.75, 3.05) is 6.61 Å². The molecular weight excluding hydrogens is 207 g/mol. The van der Waals surface area contributed by atoms with Gasteiger partial charge in [-0.1, -0.05) is 0 Å². The van der Waals surface area contributed by atoms with Crippen molar-refractivity contribution >= 4 is 22.0 Å². The molecule has 0 fully saturated rings. The minimum atomic E-state index is -0.162. The first-order valence-electron chi connectivity index (χ1n) is 3.44. The number of hydrogen-bond acceptors (Lipinski definition) is 2. The minimum absolute atomic E-state index is 0.151. The van der Waals surface area contributed by atoms with Crippen molar-refractivity contribution in [3.8, 4) is 0 Å². The zero-order valence-electron chi connectivity index (χ0n) is 6.03. The quantitative estimate of drug-likeness (QED) is 0.516. The first-order valence-corrected chi connectivity index (χ1v) is 4.65. The van der Waals surface area contributed by atoms with Crippen molar-refractivity contribution in [2.45, 2.75) is 5.32 Å². The first-order chi connectivity index (χ1) is 5.34. The molecule has 11 heavy (non-hydrogen) atoms. The molecule has 0 aromatic rings. The summed E-state index contributed by atoms with van der Waals surface area (Å²) in [5, 5.41) is 0.756. The molecule has 0 aromatic heterocycles. The Kier molecular flexibility index (Phi) is 3.40. The summed E-state index contributed by atoms with van der Waals surface area (Å²) in [6, 6.07) is 0. The molecule has 1 aliphatic rings. The van der Waals surface area contributed by atoms with Crippen LogP contribution in [0.2, 0.25) is 5.32 Å².